The first kappa shape index (κ1) is 10.5. The lowest BCUT2D eigenvalue weighted by Crippen LogP contribution is -2.27. The molecule has 0 aliphatic carbocycles. The molecule has 0 saturated carbocycles. The number of nitrogen functional groups attached to an aromatic ring is 1. The standard InChI is InChI=1S/C11H20N4/c1-3-9-10(14-15(2)11(9)12)8-4-6-13-7-5-8/h8,13H,3-7,12H2,1-2H3. The number of nitrogens with one attached hydrogen (secondary N) is 1. The Morgan fingerprint density at radius 2 is 2.13 bits per heavy atom. The van der Waals surface area contributed by atoms with Crippen molar-refractivity contribution in [1.82, 2.24) is 15.1 Å². The van der Waals surface area contributed by atoms with Crippen molar-refractivity contribution in [3.8, 4) is 0 Å². The minimum atomic E-state index is 0.602. The van der Waals surface area contributed by atoms with Gasteiger partial charge in [0, 0.05) is 18.5 Å². The van der Waals surface area contributed by atoms with E-state index in [-0.39, 0.29) is 0 Å². The van der Waals surface area contributed by atoms with E-state index in [0.717, 1.165) is 25.3 Å². The Morgan fingerprint density at radius 1 is 1.47 bits per heavy atom. The van der Waals surface area contributed by atoms with Crippen LogP contribution in [0, 0.1) is 0 Å². The molecule has 3 N–H and O–H groups in total. The van der Waals surface area contributed by atoms with Crippen LogP contribution in [-0.2, 0) is 13.5 Å². The molecule has 0 bridgehead atoms. The van der Waals surface area contributed by atoms with E-state index in [2.05, 4.69) is 17.3 Å². The fourth-order valence-electron chi connectivity index (χ4n) is 2.39. The van der Waals surface area contributed by atoms with Crippen LogP contribution in [0.15, 0.2) is 0 Å². The van der Waals surface area contributed by atoms with Crippen LogP contribution < -0.4 is 11.1 Å². The number of aryl methyl sites for hydroxylation is 1. The minimum absolute atomic E-state index is 0.602. The maximum absolute atomic E-state index is 6.01. The Bertz CT molecular complexity index is 337. The van der Waals surface area contributed by atoms with Crippen molar-refractivity contribution < 1.29 is 0 Å². The normalized spacial score (nSPS) is 18.3. The van der Waals surface area contributed by atoms with Crippen molar-refractivity contribution in [3.63, 3.8) is 0 Å². The van der Waals surface area contributed by atoms with Gasteiger partial charge in [0.2, 0.25) is 0 Å². The molecule has 1 aliphatic heterocycles. The molecule has 1 aromatic rings. The van der Waals surface area contributed by atoms with Gasteiger partial charge in [-0.1, -0.05) is 6.92 Å². The molecule has 0 atom stereocenters. The largest absolute Gasteiger partial charge is 0.384 e. The summed E-state index contributed by atoms with van der Waals surface area (Å²) in [6.07, 6.45) is 3.35. The van der Waals surface area contributed by atoms with Crippen LogP contribution >= 0.6 is 0 Å². The summed E-state index contributed by atoms with van der Waals surface area (Å²) in [4.78, 5) is 0. The van der Waals surface area contributed by atoms with E-state index in [0.29, 0.717) is 5.92 Å². The predicted octanol–water partition coefficient (Wildman–Crippen LogP) is 1.03. The van der Waals surface area contributed by atoms with Gasteiger partial charge in [-0.2, -0.15) is 5.10 Å². The van der Waals surface area contributed by atoms with E-state index in [4.69, 9.17) is 5.73 Å². The fourth-order valence-corrected chi connectivity index (χ4v) is 2.39. The van der Waals surface area contributed by atoms with Crippen molar-refractivity contribution >= 4 is 5.82 Å². The van der Waals surface area contributed by atoms with Gasteiger partial charge in [0.1, 0.15) is 5.82 Å². The molecule has 2 heterocycles. The van der Waals surface area contributed by atoms with Gasteiger partial charge < -0.3 is 11.1 Å². The zero-order chi connectivity index (χ0) is 10.8. The van der Waals surface area contributed by atoms with Gasteiger partial charge in [-0.3, -0.25) is 4.68 Å². The minimum Gasteiger partial charge on any atom is -0.384 e. The summed E-state index contributed by atoms with van der Waals surface area (Å²) in [7, 11) is 1.93. The molecule has 1 fully saturated rings. The molecule has 0 radical (unpaired) electrons. The Hall–Kier alpha value is -1.03. The summed E-state index contributed by atoms with van der Waals surface area (Å²) < 4.78 is 1.82. The van der Waals surface area contributed by atoms with E-state index in [1.807, 2.05) is 11.7 Å². The van der Waals surface area contributed by atoms with Crippen LogP contribution in [0.2, 0.25) is 0 Å². The zero-order valence-corrected chi connectivity index (χ0v) is 9.58. The van der Waals surface area contributed by atoms with Gasteiger partial charge in [-0.25, -0.2) is 0 Å². The number of hydrogen-bond acceptors (Lipinski definition) is 3. The van der Waals surface area contributed by atoms with Crippen molar-refractivity contribution in [2.75, 3.05) is 18.8 Å². The van der Waals surface area contributed by atoms with Crippen LogP contribution in [0.25, 0.3) is 0 Å². The monoisotopic (exact) mass is 208 g/mol. The molecule has 4 nitrogen and oxygen atoms in total. The number of piperidine rings is 1. The maximum Gasteiger partial charge on any atom is 0.124 e. The molecule has 1 aromatic heterocycles. The van der Waals surface area contributed by atoms with Crippen LogP contribution in [-0.4, -0.2) is 22.9 Å². The lowest BCUT2D eigenvalue weighted by Gasteiger charge is -2.21. The number of nitrogens with zero attached hydrogens (tertiary/aromatic N) is 2. The summed E-state index contributed by atoms with van der Waals surface area (Å²) in [5.41, 5.74) is 8.49. The second-order valence-corrected chi connectivity index (χ2v) is 4.25. The highest BCUT2D eigenvalue weighted by atomic mass is 15.3. The Balaban J connectivity index is 2.29. The molecular formula is C11H20N4. The Kier molecular flexibility index (Phi) is 2.95. The molecular weight excluding hydrogens is 188 g/mol. The first-order valence-electron chi connectivity index (χ1n) is 5.76. The van der Waals surface area contributed by atoms with Gasteiger partial charge in [0.25, 0.3) is 0 Å². The first-order chi connectivity index (χ1) is 7.24. The third kappa shape index (κ3) is 1.86. The van der Waals surface area contributed by atoms with Crippen LogP contribution in [0.4, 0.5) is 5.82 Å². The molecule has 0 unspecified atom stereocenters. The maximum atomic E-state index is 6.01. The number of aromatic nitrogens is 2. The predicted molar refractivity (Wildman–Crippen MR) is 61.8 cm³/mol. The van der Waals surface area contributed by atoms with Gasteiger partial charge in [0.15, 0.2) is 0 Å². The molecule has 84 valence electrons. The summed E-state index contributed by atoms with van der Waals surface area (Å²) in [6.45, 7) is 4.35. The average molecular weight is 208 g/mol. The summed E-state index contributed by atoms with van der Waals surface area (Å²) >= 11 is 0. The van der Waals surface area contributed by atoms with Gasteiger partial charge in [-0.15, -0.1) is 0 Å². The third-order valence-corrected chi connectivity index (χ3v) is 3.30. The molecule has 15 heavy (non-hydrogen) atoms. The molecule has 2 rings (SSSR count). The molecule has 0 spiro atoms. The van der Waals surface area contributed by atoms with Crippen LogP contribution in [0.1, 0.15) is 36.9 Å². The molecule has 4 heteroatoms. The lowest BCUT2D eigenvalue weighted by atomic mass is 9.91. The topological polar surface area (TPSA) is 55.9 Å². The van der Waals surface area contributed by atoms with E-state index in [1.165, 1.54) is 24.1 Å². The van der Waals surface area contributed by atoms with Crippen LogP contribution in [0.5, 0.6) is 0 Å². The zero-order valence-electron chi connectivity index (χ0n) is 9.58. The first-order valence-corrected chi connectivity index (χ1v) is 5.76. The van der Waals surface area contributed by atoms with E-state index in [1.54, 1.807) is 0 Å². The SMILES string of the molecule is CCc1c(C2CCNCC2)nn(C)c1N. The highest BCUT2D eigenvalue weighted by Gasteiger charge is 2.22. The van der Waals surface area contributed by atoms with E-state index in [9.17, 15) is 0 Å². The molecule has 0 amide bonds. The number of anilines is 1. The number of hydrogen-bond donors (Lipinski definition) is 2. The summed E-state index contributed by atoms with van der Waals surface area (Å²) in [6, 6.07) is 0. The van der Waals surface area contributed by atoms with E-state index >= 15 is 0 Å². The van der Waals surface area contributed by atoms with Crippen LogP contribution in [0.3, 0.4) is 0 Å². The Morgan fingerprint density at radius 3 is 2.73 bits per heavy atom. The Labute approximate surface area is 90.8 Å². The second kappa shape index (κ2) is 4.23. The van der Waals surface area contributed by atoms with Crippen molar-refractivity contribution in [2.45, 2.75) is 32.1 Å². The fraction of sp³-hybridized carbons (Fsp3) is 0.727. The van der Waals surface area contributed by atoms with Crippen molar-refractivity contribution in [2.24, 2.45) is 7.05 Å². The van der Waals surface area contributed by atoms with E-state index < -0.39 is 0 Å². The van der Waals surface area contributed by atoms with Gasteiger partial charge >= 0.3 is 0 Å². The van der Waals surface area contributed by atoms with Crippen molar-refractivity contribution in [1.29, 1.82) is 0 Å². The average Bonchev–Trinajstić information content (AvgIpc) is 2.56. The van der Waals surface area contributed by atoms with Gasteiger partial charge in [0.05, 0.1) is 5.69 Å². The smallest absolute Gasteiger partial charge is 0.124 e. The highest BCUT2D eigenvalue weighted by molar-refractivity contribution is 5.44. The summed E-state index contributed by atoms with van der Waals surface area (Å²) in [5.74, 6) is 1.44. The van der Waals surface area contributed by atoms with Gasteiger partial charge in [-0.05, 0) is 32.4 Å². The van der Waals surface area contributed by atoms with Crippen molar-refractivity contribution in [3.05, 3.63) is 11.3 Å². The second-order valence-electron chi connectivity index (χ2n) is 4.25. The number of nitrogens with two attached hydrogens (primary N) is 1. The third-order valence-electron chi connectivity index (χ3n) is 3.30. The quantitative estimate of drug-likeness (QED) is 0.763. The molecule has 1 aliphatic rings. The molecule has 0 aromatic carbocycles. The molecule has 1 saturated heterocycles. The number of rotatable bonds is 2. The summed E-state index contributed by atoms with van der Waals surface area (Å²) in [5, 5.41) is 7.95. The highest BCUT2D eigenvalue weighted by Crippen LogP contribution is 2.29. The lowest BCUT2D eigenvalue weighted by molar-refractivity contribution is 0.448.